The Bertz CT molecular complexity index is 1630. The average Bonchev–Trinajstić information content (AvgIpc) is 3.44. The van der Waals surface area contributed by atoms with Crippen LogP contribution in [0.2, 0.25) is 0 Å². The van der Waals surface area contributed by atoms with E-state index in [-0.39, 0.29) is 25.7 Å². The summed E-state index contributed by atoms with van der Waals surface area (Å²) in [5.74, 6) is -0.656. The quantitative estimate of drug-likeness (QED) is 0.0222. The number of aliphatic hydroxyl groups is 1. The molecule has 83 heavy (non-hydrogen) atoms. The number of phosphoric acid groups is 2. The second-order valence-corrected chi connectivity index (χ2v) is 27.0. The molecule has 0 aliphatic carbocycles. The van der Waals surface area contributed by atoms with Crippen LogP contribution in [-0.2, 0) is 65.4 Å². The van der Waals surface area contributed by atoms with Gasteiger partial charge in [-0.1, -0.05) is 266 Å². The van der Waals surface area contributed by atoms with Gasteiger partial charge >= 0.3 is 39.5 Å². The Morgan fingerprint density at radius 2 is 0.554 bits per heavy atom. The molecule has 0 bridgehead atoms. The van der Waals surface area contributed by atoms with E-state index in [9.17, 15) is 43.2 Å². The van der Waals surface area contributed by atoms with Gasteiger partial charge in [-0.05, 0) is 37.5 Å². The lowest BCUT2D eigenvalue weighted by Gasteiger charge is -2.21. The molecule has 0 aromatic carbocycles. The van der Waals surface area contributed by atoms with Gasteiger partial charge in [0.05, 0.1) is 26.4 Å². The number of hydrogen-bond acceptors (Lipinski definition) is 15. The van der Waals surface area contributed by atoms with Crippen molar-refractivity contribution in [3.63, 3.8) is 0 Å². The number of phosphoric ester groups is 2. The van der Waals surface area contributed by atoms with Crippen LogP contribution in [0.25, 0.3) is 0 Å². The lowest BCUT2D eigenvalue weighted by atomic mass is 10.0. The van der Waals surface area contributed by atoms with Crippen LogP contribution < -0.4 is 0 Å². The highest BCUT2D eigenvalue weighted by atomic mass is 31.2. The van der Waals surface area contributed by atoms with Gasteiger partial charge < -0.3 is 33.8 Å². The summed E-state index contributed by atoms with van der Waals surface area (Å²) in [5.41, 5.74) is 0. The molecule has 492 valence electrons. The fraction of sp³-hybridized carbons (Fsp3) is 0.938. The maximum Gasteiger partial charge on any atom is 0.472 e. The first-order chi connectivity index (χ1) is 39.9. The van der Waals surface area contributed by atoms with Crippen molar-refractivity contribution in [2.75, 3.05) is 39.6 Å². The van der Waals surface area contributed by atoms with Crippen LogP contribution in [0, 0.1) is 11.8 Å². The lowest BCUT2D eigenvalue weighted by molar-refractivity contribution is -0.161. The van der Waals surface area contributed by atoms with Gasteiger partial charge in [-0.2, -0.15) is 0 Å². The van der Waals surface area contributed by atoms with Gasteiger partial charge in [0.1, 0.15) is 19.3 Å². The second kappa shape index (κ2) is 56.6. The summed E-state index contributed by atoms with van der Waals surface area (Å²) in [7, 11) is -9.88. The van der Waals surface area contributed by atoms with E-state index in [1.807, 2.05) is 0 Å². The highest BCUT2D eigenvalue weighted by Crippen LogP contribution is 2.45. The van der Waals surface area contributed by atoms with Gasteiger partial charge in [-0.15, -0.1) is 0 Å². The maximum atomic E-state index is 13.0. The first-order valence-corrected chi connectivity index (χ1v) is 36.5. The van der Waals surface area contributed by atoms with E-state index in [2.05, 4.69) is 41.5 Å². The zero-order chi connectivity index (χ0) is 61.5. The molecule has 0 aromatic rings. The van der Waals surface area contributed by atoms with Crippen molar-refractivity contribution in [3.05, 3.63) is 0 Å². The number of aliphatic hydroxyl groups excluding tert-OH is 1. The number of hydrogen-bond donors (Lipinski definition) is 3. The summed E-state index contributed by atoms with van der Waals surface area (Å²) in [6, 6.07) is 0. The van der Waals surface area contributed by atoms with Crippen molar-refractivity contribution in [3.8, 4) is 0 Å². The molecule has 0 radical (unpaired) electrons. The normalized spacial score (nSPS) is 14.3. The minimum Gasteiger partial charge on any atom is -0.462 e. The zero-order valence-electron chi connectivity index (χ0n) is 53.5. The number of carbonyl (C=O) groups excluding carboxylic acids is 4. The molecule has 5 atom stereocenters. The van der Waals surface area contributed by atoms with Gasteiger partial charge in [0.15, 0.2) is 12.2 Å². The maximum absolute atomic E-state index is 13.0. The van der Waals surface area contributed by atoms with E-state index >= 15 is 0 Å². The number of esters is 4. The molecular weight excluding hydrogens is 1100 g/mol. The van der Waals surface area contributed by atoms with Gasteiger partial charge in [0, 0.05) is 25.7 Å². The monoisotopic (exact) mass is 1230 g/mol. The third-order valence-electron chi connectivity index (χ3n) is 14.7. The van der Waals surface area contributed by atoms with Crippen molar-refractivity contribution >= 4 is 39.5 Å². The molecule has 0 rings (SSSR count). The third kappa shape index (κ3) is 58.8. The fourth-order valence-corrected chi connectivity index (χ4v) is 11.1. The van der Waals surface area contributed by atoms with Crippen molar-refractivity contribution in [1.82, 2.24) is 0 Å². The van der Waals surface area contributed by atoms with E-state index in [1.54, 1.807) is 0 Å². The topological polar surface area (TPSA) is 237 Å². The molecule has 0 spiro atoms. The van der Waals surface area contributed by atoms with E-state index in [0.29, 0.717) is 25.7 Å². The smallest absolute Gasteiger partial charge is 0.462 e. The average molecular weight is 1230 g/mol. The Hall–Kier alpha value is -1.94. The summed E-state index contributed by atoms with van der Waals surface area (Å²) in [4.78, 5) is 72.2. The van der Waals surface area contributed by atoms with Crippen LogP contribution in [0.3, 0.4) is 0 Å². The molecule has 0 saturated carbocycles. The summed E-state index contributed by atoms with van der Waals surface area (Å²) in [5, 5.41) is 10.5. The van der Waals surface area contributed by atoms with Crippen LogP contribution in [0.5, 0.6) is 0 Å². The second-order valence-electron chi connectivity index (χ2n) is 24.1. The van der Waals surface area contributed by atoms with Gasteiger partial charge in [-0.25, -0.2) is 9.13 Å². The lowest BCUT2D eigenvalue weighted by Crippen LogP contribution is -2.30. The number of carbonyl (C=O) groups is 4. The van der Waals surface area contributed by atoms with Crippen molar-refractivity contribution < 1.29 is 80.2 Å². The predicted molar refractivity (Wildman–Crippen MR) is 331 cm³/mol. The highest BCUT2D eigenvalue weighted by Gasteiger charge is 2.30. The zero-order valence-corrected chi connectivity index (χ0v) is 55.3. The van der Waals surface area contributed by atoms with E-state index in [4.69, 9.17) is 37.0 Å². The molecule has 0 saturated heterocycles. The molecule has 0 aromatic heterocycles. The van der Waals surface area contributed by atoms with Crippen molar-refractivity contribution in [2.45, 2.75) is 336 Å². The molecule has 2 unspecified atom stereocenters. The van der Waals surface area contributed by atoms with Crippen LogP contribution in [0.4, 0.5) is 0 Å². The molecular formula is C64H124O17P2. The van der Waals surface area contributed by atoms with Crippen LogP contribution >= 0.6 is 15.6 Å². The molecule has 17 nitrogen and oxygen atoms in total. The van der Waals surface area contributed by atoms with Crippen molar-refractivity contribution in [1.29, 1.82) is 0 Å². The van der Waals surface area contributed by atoms with Crippen LogP contribution in [0.15, 0.2) is 0 Å². The SMILES string of the molecule is CCCCCCCCCCCCC(=O)O[C@H](COC(=O)CCCCCCCCCCC)COP(=O)(O)OC[C@H](O)COP(=O)(O)OC[C@@H](COC(=O)CCCCCCCCCCC(C)C)OC(=O)CCCCCCCCCCCCC(C)C. The summed E-state index contributed by atoms with van der Waals surface area (Å²) in [6.07, 6.45) is 38.9. The third-order valence-corrected chi connectivity index (χ3v) is 16.6. The first-order valence-electron chi connectivity index (χ1n) is 33.5. The number of unbranched alkanes of at least 4 members (excludes halogenated alkanes) is 33. The Morgan fingerprint density at radius 3 is 0.819 bits per heavy atom. The van der Waals surface area contributed by atoms with Gasteiger partial charge in [0.2, 0.25) is 0 Å². The predicted octanol–water partition coefficient (Wildman–Crippen LogP) is 17.7. The Kier molecular flexibility index (Phi) is 55.2. The van der Waals surface area contributed by atoms with Crippen LogP contribution in [-0.4, -0.2) is 96.7 Å². The minimum atomic E-state index is -4.94. The van der Waals surface area contributed by atoms with Crippen molar-refractivity contribution in [2.24, 2.45) is 11.8 Å². The Balaban J connectivity index is 5.24. The van der Waals surface area contributed by atoms with Gasteiger partial charge in [-0.3, -0.25) is 37.3 Å². The Labute approximate surface area is 505 Å². The minimum absolute atomic E-state index is 0.105. The van der Waals surface area contributed by atoms with E-state index in [1.165, 1.54) is 135 Å². The molecule has 19 heteroatoms. The highest BCUT2D eigenvalue weighted by molar-refractivity contribution is 7.47. The largest absolute Gasteiger partial charge is 0.472 e. The molecule has 0 fully saturated rings. The fourth-order valence-electron chi connectivity index (χ4n) is 9.53. The molecule has 0 heterocycles. The molecule has 3 N–H and O–H groups in total. The summed E-state index contributed by atoms with van der Waals surface area (Å²) >= 11 is 0. The standard InChI is InChI=1S/C64H124O17P2/c1-7-9-11-13-15-17-22-30-36-42-48-63(68)80-59(52-74-61(66)46-40-34-28-20-16-14-12-10-8-2)54-78-82(70,71)76-50-58(65)51-77-83(72,73)79-55-60(53-75-62(67)47-41-35-29-25-24-27-33-39-45-57(5)6)81-64(69)49-43-37-31-23-19-18-21-26-32-38-44-56(3)4/h56-60,65H,7-55H2,1-6H3,(H,70,71)(H,72,73)/t58-,59+,60+/m0/s1. The summed E-state index contributed by atoms with van der Waals surface area (Å²) < 4.78 is 68.0. The molecule has 0 aliphatic heterocycles. The summed E-state index contributed by atoms with van der Waals surface area (Å²) in [6.45, 7) is 9.43. The van der Waals surface area contributed by atoms with Crippen LogP contribution in [0.1, 0.15) is 318 Å². The molecule has 0 amide bonds. The Morgan fingerprint density at radius 1 is 0.325 bits per heavy atom. The number of ether oxygens (including phenoxy) is 4. The van der Waals surface area contributed by atoms with E-state index in [0.717, 1.165) is 102 Å². The number of rotatable bonds is 63. The molecule has 0 aliphatic rings. The van der Waals surface area contributed by atoms with Gasteiger partial charge in [0.25, 0.3) is 0 Å². The first kappa shape index (κ1) is 81.1. The van der Waals surface area contributed by atoms with E-state index < -0.39 is 97.5 Å².